The Morgan fingerprint density at radius 2 is 1.15 bits per heavy atom. The lowest BCUT2D eigenvalue weighted by atomic mass is 10.1. The fraction of sp³-hybridized carbons (Fsp3) is 0.179. The molecule has 0 saturated carbocycles. The van der Waals surface area contributed by atoms with Gasteiger partial charge in [-0.25, -0.2) is 0 Å². The largest absolute Gasteiger partial charge is 0.485 e. The minimum absolute atomic E-state index is 0. The maximum absolute atomic E-state index is 13.8. The molecular formula is C39H38BrClN2O4. The number of Topliss-reactive ketones (excluding diaryl/α,β-unsaturated/α-hetero) is 1. The van der Waals surface area contributed by atoms with E-state index in [4.69, 9.17) is 21.1 Å². The van der Waals surface area contributed by atoms with Crippen molar-refractivity contribution in [2.75, 3.05) is 19.6 Å². The number of nitrogens with zero attached hydrogens (tertiary/aromatic N) is 1. The second-order valence-electron chi connectivity index (χ2n) is 10.9. The Kier molecular flexibility index (Phi) is 14.1. The molecule has 1 amide bonds. The van der Waals surface area contributed by atoms with Crippen LogP contribution in [0.15, 0.2) is 133 Å². The molecule has 0 saturated heterocycles. The second-order valence-corrected chi connectivity index (χ2v) is 11.3. The van der Waals surface area contributed by atoms with Gasteiger partial charge in [0.2, 0.25) is 5.91 Å². The maximum atomic E-state index is 13.8. The van der Waals surface area contributed by atoms with Crippen LogP contribution in [0.2, 0.25) is 5.02 Å². The topological polar surface area (TPSA) is 67.9 Å². The van der Waals surface area contributed by atoms with Crippen molar-refractivity contribution < 1.29 is 19.1 Å². The lowest BCUT2D eigenvalue weighted by Gasteiger charge is -2.23. The Hall–Kier alpha value is -4.43. The summed E-state index contributed by atoms with van der Waals surface area (Å²) in [5.74, 6) is 0.570. The van der Waals surface area contributed by atoms with E-state index in [1.165, 1.54) is 0 Å². The minimum Gasteiger partial charge on any atom is -0.485 e. The van der Waals surface area contributed by atoms with E-state index in [9.17, 15) is 9.59 Å². The molecule has 0 atom stereocenters. The molecule has 0 aromatic heterocycles. The summed E-state index contributed by atoms with van der Waals surface area (Å²) in [5, 5.41) is 3.20. The summed E-state index contributed by atoms with van der Waals surface area (Å²) in [7, 11) is 0. The smallest absolute Gasteiger partial charge is 0.224 e. The molecule has 0 heterocycles. The average molecular weight is 714 g/mol. The van der Waals surface area contributed by atoms with Crippen LogP contribution in [0.4, 0.5) is 0 Å². The van der Waals surface area contributed by atoms with Gasteiger partial charge in [-0.1, -0.05) is 133 Å². The van der Waals surface area contributed by atoms with Crippen molar-refractivity contribution in [2.45, 2.75) is 26.2 Å². The summed E-state index contributed by atoms with van der Waals surface area (Å²) >= 11 is 6.92. The first-order valence-electron chi connectivity index (χ1n) is 15.3. The standard InChI is InChI=1S/C39H37ClN2O4.BrH/c40-38-34(21-22-36(45-28-32-17-9-3-10-18-32)39(38)46-29-33-19-11-4-12-20-33)35(43)27-42(26-31-15-7-2-8-16-31)24-23-41-37(44)25-30-13-5-1-6-14-30;/h1-22H,23-29H2,(H,41,44);1H. The number of halogens is 2. The van der Waals surface area contributed by atoms with Crippen LogP contribution < -0.4 is 14.8 Å². The van der Waals surface area contributed by atoms with Gasteiger partial charge in [0.15, 0.2) is 17.3 Å². The van der Waals surface area contributed by atoms with E-state index in [2.05, 4.69) is 5.32 Å². The van der Waals surface area contributed by atoms with Crippen LogP contribution in [0.3, 0.4) is 0 Å². The third-order valence-electron chi connectivity index (χ3n) is 7.40. The van der Waals surface area contributed by atoms with E-state index >= 15 is 0 Å². The number of hydrogen-bond acceptors (Lipinski definition) is 5. The molecule has 0 radical (unpaired) electrons. The molecule has 47 heavy (non-hydrogen) atoms. The van der Waals surface area contributed by atoms with Crippen LogP contribution in [0, 0.1) is 0 Å². The van der Waals surface area contributed by atoms with E-state index in [0.29, 0.717) is 49.7 Å². The zero-order chi connectivity index (χ0) is 32.0. The zero-order valence-corrected chi connectivity index (χ0v) is 28.5. The highest BCUT2D eigenvalue weighted by molar-refractivity contribution is 8.93. The highest BCUT2D eigenvalue weighted by Crippen LogP contribution is 2.39. The summed E-state index contributed by atoms with van der Waals surface area (Å²) in [5.41, 5.74) is 4.33. The lowest BCUT2D eigenvalue weighted by molar-refractivity contribution is -0.120. The quantitative estimate of drug-likeness (QED) is 0.105. The van der Waals surface area contributed by atoms with Gasteiger partial charge in [-0.3, -0.25) is 14.5 Å². The fourth-order valence-electron chi connectivity index (χ4n) is 5.01. The van der Waals surface area contributed by atoms with Crippen LogP contribution >= 0.6 is 28.6 Å². The number of rotatable bonds is 16. The molecule has 242 valence electrons. The average Bonchev–Trinajstić information content (AvgIpc) is 3.08. The van der Waals surface area contributed by atoms with Crippen molar-refractivity contribution >= 4 is 40.3 Å². The molecule has 0 spiro atoms. The number of ketones is 1. The predicted octanol–water partition coefficient (Wildman–Crippen LogP) is 8.12. The first kappa shape index (κ1) is 35.4. The van der Waals surface area contributed by atoms with E-state index in [1.807, 2.05) is 126 Å². The highest BCUT2D eigenvalue weighted by Gasteiger charge is 2.22. The summed E-state index contributed by atoms with van der Waals surface area (Å²) < 4.78 is 12.3. The van der Waals surface area contributed by atoms with Crippen molar-refractivity contribution in [2.24, 2.45) is 0 Å². The molecular weight excluding hydrogens is 676 g/mol. The highest BCUT2D eigenvalue weighted by atomic mass is 79.9. The predicted molar refractivity (Wildman–Crippen MR) is 193 cm³/mol. The summed E-state index contributed by atoms with van der Waals surface area (Å²) in [4.78, 5) is 28.4. The molecule has 5 aromatic carbocycles. The van der Waals surface area contributed by atoms with Crippen molar-refractivity contribution in [3.8, 4) is 11.5 Å². The molecule has 8 heteroatoms. The van der Waals surface area contributed by atoms with Crippen molar-refractivity contribution in [3.63, 3.8) is 0 Å². The summed E-state index contributed by atoms with van der Waals surface area (Å²) in [6.45, 7) is 2.11. The van der Waals surface area contributed by atoms with Crippen LogP contribution in [0.25, 0.3) is 0 Å². The maximum Gasteiger partial charge on any atom is 0.224 e. The van der Waals surface area contributed by atoms with E-state index in [-0.39, 0.29) is 46.8 Å². The van der Waals surface area contributed by atoms with Crippen LogP contribution in [-0.2, 0) is 31.0 Å². The number of ether oxygens (including phenoxy) is 2. The van der Waals surface area contributed by atoms with E-state index in [0.717, 1.165) is 22.3 Å². The lowest BCUT2D eigenvalue weighted by Crippen LogP contribution is -2.38. The molecule has 0 aliphatic heterocycles. The monoisotopic (exact) mass is 712 g/mol. The van der Waals surface area contributed by atoms with Gasteiger partial charge in [-0.2, -0.15) is 0 Å². The Labute approximate surface area is 292 Å². The molecule has 0 fully saturated rings. The van der Waals surface area contributed by atoms with Crippen LogP contribution in [-0.4, -0.2) is 36.2 Å². The zero-order valence-electron chi connectivity index (χ0n) is 26.0. The Morgan fingerprint density at radius 3 is 1.72 bits per heavy atom. The molecule has 1 N–H and O–H groups in total. The van der Waals surface area contributed by atoms with Crippen LogP contribution in [0.1, 0.15) is 32.6 Å². The van der Waals surface area contributed by atoms with Gasteiger partial charge in [0, 0.05) is 25.2 Å². The fourth-order valence-corrected chi connectivity index (χ4v) is 5.32. The minimum atomic E-state index is -0.157. The molecule has 5 aromatic rings. The number of hydrogen-bond donors (Lipinski definition) is 1. The van der Waals surface area contributed by atoms with Crippen LogP contribution in [0.5, 0.6) is 11.5 Å². The van der Waals surface area contributed by atoms with Gasteiger partial charge < -0.3 is 14.8 Å². The van der Waals surface area contributed by atoms with E-state index in [1.54, 1.807) is 12.1 Å². The number of carbonyl (C=O) groups is 2. The molecule has 0 bridgehead atoms. The number of amides is 1. The Bertz CT molecular complexity index is 1690. The van der Waals surface area contributed by atoms with Gasteiger partial charge in [-0.05, 0) is 34.4 Å². The van der Waals surface area contributed by atoms with Gasteiger partial charge in [0.1, 0.15) is 13.2 Å². The number of carbonyl (C=O) groups excluding carboxylic acids is 2. The second kappa shape index (κ2) is 18.6. The van der Waals surface area contributed by atoms with Gasteiger partial charge in [-0.15, -0.1) is 17.0 Å². The number of nitrogens with one attached hydrogen (secondary N) is 1. The molecule has 0 aliphatic rings. The number of benzene rings is 5. The SMILES string of the molecule is Br.O=C(Cc1ccccc1)NCCN(CC(=O)c1ccc(OCc2ccccc2)c(OCc2ccccc2)c1Cl)Cc1ccccc1. The normalized spacial score (nSPS) is 10.6. The Balaban J connectivity index is 0.00000500. The molecule has 0 unspecified atom stereocenters. The first-order chi connectivity index (χ1) is 22.5. The summed E-state index contributed by atoms with van der Waals surface area (Å²) in [6, 6.07) is 42.6. The van der Waals surface area contributed by atoms with Gasteiger partial charge in [0.25, 0.3) is 0 Å². The third kappa shape index (κ3) is 11.1. The van der Waals surface area contributed by atoms with Crippen molar-refractivity contribution in [3.05, 3.63) is 166 Å². The van der Waals surface area contributed by atoms with Crippen molar-refractivity contribution in [1.29, 1.82) is 0 Å². The first-order valence-corrected chi connectivity index (χ1v) is 15.7. The summed E-state index contributed by atoms with van der Waals surface area (Å²) in [6.07, 6.45) is 0.304. The van der Waals surface area contributed by atoms with Gasteiger partial charge in [0.05, 0.1) is 18.0 Å². The van der Waals surface area contributed by atoms with Crippen molar-refractivity contribution in [1.82, 2.24) is 10.2 Å². The molecule has 5 rings (SSSR count). The molecule has 6 nitrogen and oxygen atoms in total. The molecule has 0 aliphatic carbocycles. The van der Waals surface area contributed by atoms with E-state index < -0.39 is 0 Å². The third-order valence-corrected chi connectivity index (χ3v) is 7.77. The Morgan fingerprint density at radius 1 is 0.638 bits per heavy atom. The van der Waals surface area contributed by atoms with Gasteiger partial charge >= 0.3 is 0 Å².